The molecule has 0 radical (unpaired) electrons. The maximum atomic E-state index is 13.5. The van der Waals surface area contributed by atoms with Crippen molar-refractivity contribution in [3.8, 4) is 0 Å². The molecule has 116 valence electrons. The minimum absolute atomic E-state index is 0.0173. The van der Waals surface area contributed by atoms with Gasteiger partial charge >= 0.3 is 0 Å². The molecular weight excluding hydrogens is 326 g/mol. The number of hydrogen-bond acceptors (Lipinski definition) is 1. The number of halogens is 3. The topological polar surface area (TPSA) is 45.7 Å². The van der Waals surface area contributed by atoms with Gasteiger partial charge in [0.1, 0.15) is 11.9 Å². The Kier molecular flexibility index (Phi) is 5.77. The number of hydrogen-bond donors (Lipinski definition) is 2. The van der Waals surface area contributed by atoms with Gasteiger partial charge in [0, 0.05) is 15.6 Å². The van der Waals surface area contributed by atoms with Gasteiger partial charge in [0.2, 0.25) is 0 Å². The Hall–Kier alpha value is -1.62. The zero-order valence-electron chi connectivity index (χ0n) is 11.9. The molecule has 1 atom stereocenters. The summed E-state index contributed by atoms with van der Waals surface area (Å²) in [6.07, 6.45) is 0. The molecule has 6 heteroatoms. The third-order valence-corrected chi connectivity index (χ3v) is 3.83. The third-order valence-electron chi connectivity index (χ3n) is 3.26. The van der Waals surface area contributed by atoms with E-state index in [1.54, 1.807) is 0 Å². The van der Waals surface area contributed by atoms with Crippen LogP contribution >= 0.6 is 23.2 Å². The van der Waals surface area contributed by atoms with E-state index in [2.05, 4.69) is 5.32 Å². The lowest BCUT2D eigenvalue weighted by Gasteiger charge is -2.12. The van der Waals surface area contributed by atoms with Crippen LogP contribution in [0.2, 0.25) is 10.0 Å². The van der Waals surface area contributed by atoms with Gasteiger partial charge < -0.3 is 10.6 Å². The standard InChI is InChI=1S/C16H15Cl2FN2O/c1-10(12-4-2-3-5-13(12)18)20-9-16(22)21-15-8-11(17)6-7-14(15)19/h2-8,10,20H,9H2,1H3,(H,21,22)/p+1/t10-/m0/s1. The molecule has 0 spiro atoms. The fourth-order valence-corrected chi connectivity index (χ4v) is 2.53. The third kappa shape index (κ3) is 4.44. The number of benzene rings is 2. The zero-order chi connectivity index (χ0) is 16.1. The first-order valence-electron chi connectivity index (χ1n) is 6.80. The number of nitrogens with two attached hydrogens (primary N) is 1. The smallest absolute Gasteiger partial charge is 0.279 e. The Morgan fingerprint density at radius 1 is 1.27 bits per heavy atom. The lowest BCUT2D eigenvalue weighted by molar-refractivity contribution is -0.682. The van der Waals surface area contributed by atoms with E-state index >= 15 is 0 Å². The molecule has 0 aliphatic heterocycles. The summed E-state index contributed by atoms with van der Waals surface area (Å²) in [5, 5.41) is 5.37. The SMILES string of the molecule is C[C@H]([NH2+]CC(=O)Nc1cc(Cl)ccc1F)c1ccccc1Cl. The van der Waals surface area contributed by atoms with Crippen molar-refractivity contribution < 1.29 is 14.5 Å². The Balaban J connectivity index is 1.93. The number of rotatable bonds is 5. The van der Waals surface area contributed by atoms with Gasteiger partial charge in [-0.25, -0.2) is 4.39 Å². The minimum atomic E-state index is -0.517. The first-order chi connectivity index (χ1) is 10.5. The van der Waals surface area contributed by atoms with Crippen molar-refractivity contribution in [1.82, 2.24) is 0 Å². The fourth-order valence-electron chi connectivity index (χ4n) is 2.05. The number of amides is 1. The summed E-state index contributed by atoms with van der Waals surface area (Å²) >= 11 is 11.9. The number of anilines is 1. The van der Waals surface area contributed by atoms with Crippen LogP contribution in [-0.4, -0.2) is 12.5 Å². The van der Waals surface area contributed by atoms with Gasteiger partial charge in [-0.2, -0.15) is 0 Å². The lowest BCUT2D eigenvalue weighted by atomic mass is 10.1. The maximum absolute atomic E-state index is 13.5. The zero-order valence-corrected chi connectivity index (χ0v) is 13.5. The van der Waals surface area contributed by atoms with Gasteiger partial charge in [0.25, 0.3) is 5.91 Å². The highest BCUT2D eigenvalue weighted by Crippen LogP contribution is 2.20. The van der Waals surface area contributed by atoms with E-state index < -0.39 is 5.82 Å². The highest BCUT2D eigenvalue weighted by molar-refractivity contribution is 6.31. The second-order valence-electron chi connectivity index (χ2n) is 4.92. The Labute approximate surface area is 138 Å². The fraction of sp³-hybridized carbons (Fsp3) is 0.188. The van der Waals surface area contributed by atoms with Crippen LogP contribution in [0.25, 0.3) is 0 Å². The molecule has 0 unspecified atom stereocenters. The average Bonchev–Trinajstić information content (AvgIpc) is 2.49. The number of carbonyl (C=O) groups is 1. The van der Waals surface area contributed by atoms with Crippen molar-refractivity contribution in [3.05, 3.63) is 63.9 Å². The van der Waals surface area contributed by atoms with Crippen molar-refractivity contribution >= 4 is 34.8 Å². The summed E-state index contributed by atoms with van der Waals surface area (Å²) in [7, 11) is 0. The predicted molar refractivity (Wildman–Crippen MR) is 86.7 cm³/mol. The molecular formula is C16H16Cl2FN2O+. The summed E-state index contributed by atoms with van der Waals surface area (Å²) < 4.78 is 13.5. The normalized spacial score (nSPS) is 12.0. The van der Waals surface area contributed by atoms with Crippen LogP contribution in [0, 0.1) is 5.82 Å². The summed E-state index contributed by atoms with van der Waals surface area (Å²) in [6, 6.07) is 11.5. The minimum Gasteiger partial charge on any atom is -0.332 e. The molecule has 2 rings (SSSR count). The number of carbonyl (C=O) groups excluding carboxylic acids is 1. The molecule has 0 aliphatic rings. The highest BCUT2D eigenvalue weighted by atomic mass is 35.5. The van der Waals surface area contributed by atoms with Crippen LogP contribution < -0.4 is 10.6 Å². The van der Waals surface area contributed by atoms with Crippen LogP contribution in [-0.2, 0) is 4.79 Å². The summed E-state index contributed by atoms with van der Waals surface area (Å²) in [4.78, 5) is 11.9. The quantitative estimate of drug-likeness (QED) is 0.860. The molecule has 0 bridgehead atoms. The van der Waals surface area contributed by atoms with E-state index in [-0.39, 0.29) is 24.2 Å². The molecule has 22 heavy (non-hydrogen) atoms. The average molecular weight is 342 g/mol. The first kappa shape index (κ1) is 16.7. The first-order valence-corrected chi connectivity index (χ1v) is 7.55. The van der Waals surface area contributed by atoms with Crippen molar-refractivity contribution in [2.75, 3.05) is 11.9 Å². The highest BCUT2D eigenvalue weighted by Gasteiger charge is 2.15. The summed E-state index contributed by atoms with van der Waals surface area (Å²) in [6.45, 7) is 2.10. The molecule has 3 nitrogen and oxygen atoms in total. The Morgan fingerprint density at radius 2 is 2.00 bits per heavy atom. The molecule has 0 heterocycles. The van der Waals surface area contributed by atoms with Crippen molar-refractivity contribution in [2.45, 2.75) is 13.0 Å². The van der Waals surface area contributed by atoms with Gasteiger partial charge in [-0.1, -0.05) is 41.4 Å². The van der Waals surface area contributed by atoms with Crippen LogP contribution in [0.15, 0.2) is 42.5 Å². The Morgan fingerprint density at radius 3 is 2.73 bits per heavy atom. The van der Waals surface area contributed by atoms with Crippen molar-refractivity contribution in [2.24, 2.45) is 0 Å². The van der Waals surface area contributed by atoms with Crippen LogP contribution in [0.4, 0.5) is 10.1 Å². The lowest BCUT2D eigenvalue weighted by Crippen LogP contribution is -2.86. The second kappa shape index (κ2) is 7.58. The molecule has 0 fully saturated rings. The summed E-state index contributed by atoms with van der Waals surface area (Å²) in [5.74, 6) is -0.822. The van der Waals surface area contributed by atoms with Gasteiger partial charge in [0.05, 0.1) is 5.69 Å². The van der Waals surface area contributed by atoms with E-state index in [1.807, 2.05) is 36.5 Å². The van der Waals surface area contributed by atoms with Gasteiger partial charge in [-0.3, -0.25) is 4.79 Å². The molecule has 3 N–H and O–H groups in total. The van der Waals surface area contributed by atoms with E-state index in [9.17, 15) is 9.18 Å². The molecule has 1 amide bonds. The van der Waals surface area contributed by atoms with Gasteiger partial charge in [-0.05, 0) is 31.2 Å². The monoisotopic (exact) mass is 341 g/mol. The van der Waals surface area contributed by atoms with Crippen LogP contribution in [0.1, 0.15) is 18.5 Å². The number of nitrogens with one attached hydrogen (secondary N) is 1. The molecule has 2 aromatic carbocycles. The second-order valence-corrected chi connectivity index (χ2v) is 5.77. The van der Waals surface area contributed by atoms with Crippen molar-refractivity contribution in [1.29, 1.82) is 0 Å². The van der Waals surface area contributed by atoms with Crippen LogP contribution in [0.3, 0.4) is 0 Å². The molecule has 0 aliphatic carbocycles. The van der Waals surface area contributed by atoms with E-state index in [4.69, 9.17) is 23.2 Å². The van der Waals surface area contributed by atoms with E-state index in [0.29, 0.717) is 10.0 Å². The van der Waals surface area contributed by atoms with Crippen LogP contribution in [0.5, 0.6) is 0 Å². The van der Waals surface area contributed by atoms with Gasteiger partial charge in [0.15, 0.2) is 6.54 Å². The predicted octanol–water partition coefficient (Wildman–Crippen LogP) is 3.40. The molecule has 0 saturated heterocycles. The summed E-state index contributed by atoms with van der Waals surface area (Å²) in [5.41, 5.74) is 1.03. The number of quaternary nitrogens is 1. The molecule has 2 aromatic rings. The molecule has 0 saturated carbocycles. The maximum Gasteiger partial charge on any atom is 0.279 e. The Bertz CT molecular complexity index is 679. The van der Waals surface area contributed by atoms with E-state index in [0.717, 1.165) is 5.56 Å². The van der Waals surface area contributed by atoms with Crippen molar-refractivity contribution in [3.63, 3.8) is 0 Å². The largest absolute Gasteiger partial charge is 0.332 e. The molecule has 0 aromatic heterocycles. The van der Waals surface area contributed by atoms with Gasteiger partial charge in [-0.15, -0.1) is 0 Å². The van der Waals surface area contributed by atoms with E-state index in [1.165, 1.54) is 18.2 Å².